The Balaban J connectivity index is 1.36. The van der Waals surface area contributed by atoms with Gasteiger partial charge >= 0.3 is 0 Å². The lowest BCUT2D eigenvalue weighted by molar-refractivity contribution is 0.0597. The van der Waals surface area contributed by atoms with Crippen LogP contribution in [0.2, 0.25) is 0 Å². The van der Waals surface area contributed by atoms with Crippen molar-refractivity contribution in [1.82, 2.24) is 24.6 Å². The summed E-state index contributed by atoms with van der Waals surface area (Å²) in [5, 5.41) is 5.86. The number of imidazole rings is 1. The van der Waals surface area contributed by atoms with Gasteiger partial charge in [-0.2, -0.15) is 0 Å². The Morgan fingerprint density at radius 1 is 1.12 bits per heavy atom. The van der Waals surface area contributed by atoms with E-state index in [0.717, 1.165) is 39.7 Å². The second-order valence-corrected chi connectivity index (χ2v) is 10.8. The van der Waals surface area contributed by atoms with Gasteiger partial charge < -0.3 is 10.2 Å². The predicted molar refractivity (Wildman–Crippen MR) is 136 cm³/mol. The van der Waals surface area contributed by atoms with E-state index in [1.54, 1.807) is 11.3 Å². The second kappa shape index (κ2) is 9.31. The highest BCUT2D eigenvalue weighted by Crippen LogP contribution is 2.32. The van der Waals surface area contributed by atoms with E-state index in [0.29, 0.717) is 30.2 Å². The number of rotatable bonds is 5. The summed E-state index contributed by atoms with van der Waals surface area (Å²) >= 11 is 3.05. The molecule has 0 bridgehead atoms. The number of amides is 2. The third kappa shape index (κ3) is 4.25. The van der Waals surface area contributed by atoms with Crippen LogP contribution in [0.4, 0.5) is 0 Å². The van der Waals surface area contributed by atoms with E-state index in [1.807, 2.05) is 46.9 Å². The molecule has 5 rings (SSSR count). The maximum atomic E-state index is 13.7. The Morgan fingerprint density at radius 2 is 1.91 bits per heavy atom. The molecule has 34 heavy (non-hydrogen) atoms. The summed E-state index contributed by atoms with van der Waals surface area (Å²) in [6.45, 7) is 6.91. The first-order chi connectivity index (χ1) is 16.4. The molecule has 9 heteroatoms. The highest BCUT2D eigenvalue weighted by molar-refractivity contribution is 7.15. The molecule has 1 fully saturated rings. The number of carbonyl (C=O) groups excluding carboxylic acids is 2. The highest BCUT2D eigenvalue weighted by Gasteiger charge is 2.31. The lowest BCUT2D eigenvalue weighted by Gasteiger charge is -2.35. The number of likely N-dealkylation sites (tertiary alicyclic amines) is 1. The van der Waals surface area contributed by atoms with E-state index in [-0.39, 0.29) is 17.9 Å². The van der Waals surface area contributed by atoms with Crippen LogP contribution in [0, 0.1) is 20.8 Å². The molecule has 1 atom stereocenters. The maximum Gasteiger partial charge on any atom is 0.274 e. The summed E-state index contributed by atoms with van der Waals surface area (Å²) in [5.41, 5.74) is 3.97. The predicted octanol–water partition coefficient (Wildman–Crippen LogP) is 4.87. The van der Waals surface area contributed by atoms with E-state index in [4.69, 9.17) is 0 Å². The summed E-state index contributed by atoms with van der Waals surface area (Å²) < 4.78 is 1.82. The molecule has 0 unspecified atom stereocenters. The first-order valence-corrected chi connectivity index (χ1v) is 13.2. The minimum Gasteiger partial charge on any atom is -0.349 e. The number of fused-ring (bicyclic) bond motifs is 1. The molecule has 176 valence electrons. The monoisotopic (exact) mass is 493 g/mol. The molecule has 1 saturated heterocycles. The molecule has 2 amide bonds. The average molecular weight is 494 g/mol. The first-order valence-electron chi connectivity index (χ1n) is 11.5. The fourth-order valence-corrected chi connectivity index (χ4v) is 6.23. The number of nitrogens with zero attached hydrogens (tertiary/aromatic N) is 4. The molecule has 0 saturated carbocycles. The number of thiazole rings is 2. The first kappa shape index (κ1) is 22.7. The van der Waals surface area contributed by atoms with Crippen molar-refractivity contribution in [1.29, 1.82) is 0 Å². The molecular formula is C25H27N5O2S2. The standard InChI is InChI=1S/C25H27N5O2S2/c1-15-7-9-18(10-8-15)22-20(28-17(3)34-22)24(32)29-11-5-4-6-19(29)14-26-23(31)21-16(2)27-25-30(21)12-13-33-25/h7-10,12-13,19H,4-6,11,14H2,1-3H3,(H,26,31)/t19-/m0/s1. The summed E-state index contributed by atoms with van der Waals surface area (Å²) in [5.74, 6) is -0.217. The summed E-state index contributed by atoms with van der Waals surface area (Å²) in [6, 6.07) is 8.14. The number of aromatic nitrogens is 3. The van der Waals surface area contributed by atoms with Gasteiger partial charge in [0.1, 0.15) is 11.4 Å². The summed E-state index contributed by atoms with van der Waals surface area (Å²) in [7, 11) is 0. The fourth-order valence-electron chi connectivity index (χ4n) is 4.55. The van der Waals surface area contributed by atoms with Gasteiger partial charge in [-0.15, -0.1) is 22.7 Å². The molecule has 1 aliphatic heterocycles. The molecule has 1 aromatic carbocycles. The zero-order valence-corrected chi connectivity index (χ0v) is 21.1. The van der Waals surface area contributed by atoms with Gasteiger partial charge in [0.05, 0.1) is 15.6 Å². The Morgan fingerprint density at radius 3 is 2.71 bits per heavy atom. The van der Waals surface area contributed by atoms with Crippen molar-refractivity contribution >= 4 is 39.4 Å². The number of hydrogen-bond donors (Lipinski definition) is 1. The molecule has 1 aliphatic rings. The quantitative estimate of drug-likeness (QED) is 0.430. The minimum atomic E-state index is -0.161. The van der Waals surface area contributed by atoms with Crippen molar-refractivity contribution in [2.24, 2.45) is 0 Å². The van der Waals surface area contributed by atoms with E-state index in [1.165, 1.54) is 16.9 Å². The van der Waals surface area contributed by atoms with Crippen molar-refractivity contribution in [2.75, 3.05) is 13.1 Å². The van der Waals surface area contributed by atoms with Crippen LogP contribution >= 0.6 is 22.7 Å². The fraction of sp³-hybridized carbons (Fsp3) is 0.360. The number of nitrogens with one attached hydrogen (secondary N) is 1. The van der Waals surface area contributed by atoms with Crippen LogP contribution in [-0.4, -0.2) is 50.2 Å². The zero-order chi connectivity index (χ0) is 23.8. The normalized spacial score (nSPS) is 16.2. The molecule has 7 nitrogen and oxygen atoms in total. The van der Waals surface area contributed by atoms with Crippen LogP contribution in [0.5, 0.6) is 0 Å². The van der Waals surface area contributed by atoms with E-state index < -0.39 is 0 Å². The molecule has 3 aromatic heterocycles. The van der Waals surface area contributed by atoms with Gasteiger partial charge in [0.2, 0.25) is 0 Å². The van der Waals surface area contributed by atoms with Crippen molar-refractivity contribution in [3.05, 3.63) is 63.5 Å². The number of carbonyl (C=O) groups is 2. The summed E-state index contributed by atoms with van der Waals surface area (Å²) in [4.78, 5) is 39.4. The van der Waals surface area contributed by atoms with Crippen molar-refractivity contribution in [3.8, 4) is 10.4 Å². The van der Waals surface area contributed by atoms with Crippen LogP contribution in [0.3, 0.4) is 0 Å². The van der Waals surface area contributed by atoms with Crippen LogP contribution in [0.1, 0.15) is 56.5 Å². The largest absolute Gasteiger partial charge is 0.349 e. The number of aryl methyl sites for hydroxylation is 3. The van der Waals surface area contributed by atoms with Gasteiger partial charge in [-0.05, 0) is 45.6 Å². The van der Waals surface area contributed by atoms with Crippen molar-refractivity contribution < 1.29 is 9.59 Å². The second-order valence-electron chi connectivity index (χ2n) is 8.74. The SMILES string of the molecule is Cc1ccc(-c2sc(C)nc2C(=O)N2CCCC[C@H]2CNC(=O)c2c(C)nc3sccn23)cc1. The van der Waals surface area contributed by atoms with Crippen molar-refractivity contribution in [2.45, 2.75) is 46.1 Å². The Hall–Kier alpha value is -3.04. The van der Waals surface area contributed by atoms with E-state index in [9.17, 15) is 9.59 Å². The molecule has 4 heterocycles. The third-order valence-electron chi connectivity index (χ3n) is 6.29. The maximum absolute atomic E-state index is 13.7. The van der Waals surface area contributed by atoms with Crippen LogP contribution in [0.25, 0.3) is 15.4 Å². The number of hydrogen-bond acceptors (Lipinski definition) is 6. The van der Waals surface area contributed by atoms with Crippen molar-refractivity contribution in [3.63, 3.8) is 0 Å². The molecule has 0 spiro atoms. The lowest BCUT2D eigenvalue weighted by Crippen LogP contribution is -2.49. The number of piperidine rings is 1. The topological polar surface area (TPSA) is 79.6 Å². The Bertz CT molecular complexity index is 1350. The van der Waals surface area contributed by atoms with Gasteiger partial charge in [-0.3, -0.25) is 14.0 Å². The van der Waals surface area contributed by atoms with Gasteiger partial charge in [-0.1, -0.05) is 29.8 Å². The van der Waals surface area contributed by atoms with E-state index in [2.05, 4.69) is 34.3 Å². The number of benzene rings is 1. The Kier molecular flexibility index (Phi) is 6.22. The van der Waals surface area contributed by atoms with Gasteiger partial charge in [0, 0.05) is 30.7 Å². The highest BCUT2D eigenvalue weighted by atomic mass is 32.1. The lowest BCUT2D eigenvalue weighted by atomic mass is 10.0. The molecule has 0 aliphatic carbocycles. The van der Waals surface area contributed by atoms with Gasteiger partial charge in [0.25, 0.3) is 11.8 Å². The molecule has 0 radical (unpaired) electrons. The van der Waals surface area contributed by atoms with Crippen LogP contribution < -0.4 is 5.32 Å². The van der Waals surface area contributed by atoms with Crippen LogP contribution in [0.15, 0.2) is 35.8 Å². The molecular weight excluding hydrogens is 466 g/mol. The minimum absolute atomic E-state index is 0.0559. The zero-order valence-electron chi connectivity index (χ0n) is 19.5. The van der Waals surface area contributed by atoms with E-state index >= 15 is 0 Å². The molecule has 1 N–H and O–H groups in total. The van der Waals surface area contributed by atoms with Gasteiger partial charge in [-0.25, -0.2) is 9.97 Å². The Labute approximate surface area is 206 Å². The van der Waals surface area contributed by atoms with Gasteiger partial charge in [0.15, 0.2) is 4.96 Å². The summed E-state index contributed by atoms with van der Waals surface area (Å²) in [6.07, 6.45) is 4.71. The average Bonchev–Trinajstić information content (AvgIpc) is 3.52. The molecule has 4 aromatic rings. The smallest absolute Gasteiger partial charge is 0.274 e. The van der Waals surface area contributed by atoms with Crippen LogP contribution in [-0.2, 0) is 0 Å². The third-order valence-corrected chi connectivity index (χ3v) is 8.06.